The van der Waals surface area contributed by atoms with Gasteiger partial charge in [0.1, 0.15) is 5.82 Å². The van der Waals surface area contributed by atoms with Crippen molar-refractivity contribution < 1.29 is 9.53 Å². The van der Waals surface area contributed by atoms with Crippen LogP contribution in [0.15, 0.2) is 42.5 Å². The van der Waals surface area contributed by atoms with Crippen LogP contribution in [-0.2, 0) is 4.74 Å². The molecule has 3 N–H and O–H groups in total. The highest BCUT2D eigenvalue weighted by Crippen LogP contribution is 2.18. The van der Waals surface area contributed by atoms with E-state index in [1.807, 2.05) is 24.3 Å². The highest BCUT2D eigenvalue weighted by Gasteiger charge is 2.16. The predicted molar refractivity (Wildman–Crippen MR) is 85.4 cm³/mol. The van der Waals surface area contributed by atoms with Crippen molar-refractivity contribution >= 4 is 11.7 Å². The van der Waals surface area contributed by atoms with Crippen molar-refractivity contribution in [1.29, 1.82) is 0 Å². The minimum Gasteiger partial charge on any atom is -0.384 e. The van der Waals surface area contributed by atoms with Gasteiger partial charge in [-0.15, -0.1) is 0 Å². The summed E-state index contributed by atoms with van der Waals surface area (Å²) in [7, 11) is 0. The fraction of sp³-hybridized carbons (Fsp3) is 0.294. The van der Waals surface area contributed by atoms with Gasteiger partial charge in [-0.1, -0.05) is 18.2 Å². The number of rotatable bonds is 4. The molecule has 0 radical (unpaired) electrons. The number of amides is 1. The number of nitrogens with one attached hydrogen (secondary N) is 1. The van der Waals surface area contributed by atoms with Gasteiger partial charge < -0.3 is 15.8 Å². The van der Waals surface area contributed by atoms with Crippen molar-refractivity contribution in [2.75, 3.05) is 18.9 Å². The number of nitrogens with zero attached hydrogens (tertiary/aromatic N) is 1. The van der Waals surface area contributed by atoms with E-state index in [4.69, 9.17) is 10.5 Å². The zero-order valence-electron chi connectivity index (χ0n) is 12.3. The fourth-order valence-corrected chi connectivity index (χ4v) is 2.52. The van der Waals surface area contributed by atoms with Crippen molar-refractivity contribution in [2.45, 2.75) is 18.9 Å². The molecule has 22 heavy (non-hydrogen) atoms. The van der Waals surface area contributed by atoms with E-state index in [0.29, 0.717) is 17.9 Å². The standard InChI is InChI=1S/C17H19N3O2/c18-16-5-1-4-15(20-16)12-6-8-13(9-7-12)17(21)19-11-14-3-2-10-22-14/h1,4-9,14H,2-3,10-11H2,(H2,18,20)(H,19,21)/t14-/m1/s1. The van der Waals surface area contributed by atoms with E-state index in [1.54, 1.807) is 18.2 Å². The van der Waals surface area contributed by atoms with Gasteiger partial charge in [0.2, 0.25) is 0 Å². The second-order valence-corrected chi connectivity index (χ2v) is 5.37. The molecule has 0 aliphatic carbocycles. The van der Waals surface area contributed by atoms with Crippen LogP contribution in [0.3, 0.4) is 0 Å². The van der Waals surface area contributed by atoms with Crippen LogP contribution in [0.2, 0.25) is 0 Å². The molecule has 1 aliphatic heterocycles. The molecular weight excluding hydrogens is 278 g/mol. The molecule has 1 aromatic heterocycles. The van der Waals surface area contributed by atoms with Crippen LogP contribution in [0.4, 0.5) is 5.82 Å². The van der Waals surface area contributed by atoms with Crippen LogP contribution in [0, 0.1) is 0 Å². The maximum absolute atomic E-state index is 12.1. The molecule has 1 atom stereocenters. The third-order valence-corrected chi connectivity index (χ3v) is 3.73. The highest BCUT2D eigenvalue weighted by atomic mass is 16.5. The van der Waals surface area contributed by atoms with E-state index in [2.05, 4.69) is 10.3 Å². The summed E-state index contributed by atoms with van der Waals surface area (Å²) in [6, 6.07) is 12.8. The van der Waals surface area contributed by atoms with Crippen LogP contribution in [-0.4, -0.2) is 30.1 Å². The first-order valence-electron chi connectivity index (χ1n) is 7.45. The molecule has 0 unspecified atom stereocenters. The number of hydrogen-bond acceptors (Lipinski definition) is 4. The average Bonchev–Trinajstić information content (AvgIpc) is 3.06. The first-order chi connectivity index (χ1) is 10.7. The van der Waals surface area contributed by atoms with E-state index in [0.717, 1.165) is 30.7 Å². The molecule has 0 saturated carbocycles. The minimum atomic E-state index is -0.0809. The molecule has 1 saturated heterocycles. The summed E-state index contributed by atoms with van der Waals surface area (Å²) in [5.74, 6) is 0.401. The van der Waals surface area contributed by atoms with E-state index in [-0.39, 0.29) is 12.0 Å². The van der Waals surface area contributed by atoms with Crippen LogP contribution < -0.4 is 11.1 Å². The van der Waals surface area contributed by atoms with Crippen LogP contribution in [0.5, 0.6) is 0 Å². The molecule has 114 valence electrons. The molecule has 0 spiro atoms. The molecule has 1 aromatic carbocycles. The third-order valence-electron chi connectivity index (χ3n) is 3.73. The van der Waals surface area contributed by atoms with Gasteiger partial charge >= 0.3 is 0 Å². The monoisotopic (exact) mass is 297 g/mol. The molecule has 1 fully saturated rings. The first kappa shape index (κ1) is 14.5. The second-order valence-electron chi connectivity index (χ2n) is 5.37. The minimum absolute atomic E-state index is 0.0809. The molecule has 0 bridgehead atoms. The van der Waals surface area contributed by atoms with Crippen molar-refractivity contribution in [3.63, 3.8) is 0 Å². The molecular formula is C17H19N3O2. The number of pyridine rings is 1. The summed E-state index contributed by atoms with van der Waals surface area (Å²) in [5, 5.41) is 2.91. The summed E-state index contributed by atoms with van der Waals surface area (Å²) < 4.78 is 5.49. The number of hydrogen-bond donors (Lipinski definition) is 2. The fourth-order valence-electron chi connectivity index (χ4n) is 2.52. The summed E-state index contributed by atoms with van der Waals surface area (Å²) in [4.78, 5) is 16.4. The second kappa shape index (κ2) is 6.58. The van der Waals surface area contributed by atoms with Crippen LogP contribution >= 0.6 is 0 Å². The summed E-state index contributed by atoms with van der Waals surface area (Å²) >= 11 is 0. The molecule has 1 amide bonds. The Balaban J connectivity index is 1.64. The average molecular weight is 297 g/mol. The summed E-state index contributed by atoms with van der Waals surface area (Å²) in [5.41, 5.74) is 8.05. The topological polar surface area (TPSA) is 77.2 Å². The van der Waals surface area contributed by atoms with Gasteiger partial charge in [-0.3, -0.25) is 4.79 Å². The molecule has 5 heteroatoms. The number of nitrogen functional groups attached to an aromatic ring is 1. The Kier molecular flexibility index (Phi) is 4.34. The summed E-state index contributed by atoms with van der Waals surface area (Å²) in [6.07, 6.45) is 2.24. The van der Waals surface area contributed by atoms with Gasteiger partial charge in [-0.05, 0) is 37.1 Å². The highest BCUT2D eigenvalue weighted by molar-refractivity contribution is 5.94. The molecule has 2 aromatic rings. The van der Waals surface area contributed by atoms with Gasteiger partial charge in [0, 0.05) is 24.3 Å². The zero-order chi connectivity index (χ0) is 15.4. The van der Waals surface area contributed by atoms with Gasteiger partial charge in [0.05, 0.1) is 11.8 Å². The lowest BCUT2D eigenvalue weighted by Crippen LogP contribution is -2.31. The number of aromatic nitrogens is 1. The molecule has 2 heterocycles. The Morgan fingerprint density at radius 3 is 2.77 bits per heavy atom. The number of carbonyl (C=O) groups is 1. The van der Waals surface area contributed by atoms with Gasteiger partial charge in [0.15, 0.2) is 0 Å². The number of ether oxygens (including phenoxy) is 1. The maximum atomic E-state index is 12.1. The molecule has 5 nitrogen and oxygen atoms in total. The quantitative estimate of drug-likeness (QED) is 0.907. The van der Waals surface area contributed by atoms with E-state index >= 15 is 0 Å². The Bertz CT molecular complexity index is 649. The number of anilines is 1. The number of nitrogens with two attached hydrogens (primary N) is 1. The van der Waals surface area contributed by atoms with Gasteiger partial charge in [-0.2, -0.15) is 0 Å². The van der Waals surface area contributed by atoms with Crippen molar-refractivity contribution in [3.8, 4) is 11.3 Å². The van der Waals surface area contributed by atoms with E-state index in [1.165, 1.54) is 0 Å². The smallest absolute Gasteiger partial charge is 0.251 e. The van der Waals surface area contributed by atoms with E-state index in [9.17, 15) is 4.79 Å². The lowest BCUT2D eigenvalue weighted by Gasteiger charge is -2.11. The summed E-state index contributed by atoms with van der Waals surface area (Å²) in [6.45, 7) is 1.36. The predicted octanol–water partition coefficient (Wildman–Crippen LogP) is 2.24. The van der Waals surface area contributed by atoms with Gasteiger partial charge in [-0.25, -0.2) is 4.98 Å². The lowest BCUT2D eigenvalue weighted by molar-refractivity contribution is 0.0858. The molecule has 3 rings (SSSR count). The normalized spacial score (nSPS) is 17.4. The maximum Gasteiger partial charge on any atom is 0.251 e. The largest absolute Gasteiger partial charge is 0.384 e. The Morgan fingerprint density at radius 2 is 2.09 bits per heavy atom. The SMILES string of the molecule is Nc1cccc(-c2ccc(C(=O)NC[C@H]3CCCO3)cc2)n1. The van der Waals surface area contributed by atoms with Gasteiger partial charge in [0.25, 0.3) is 5.91 Å². The Labute approximate surface area is 129 Å². The van der Waals surface area contributed by atoms with Crippen LogP contribution in [0.25, 0.3) is 11.3 Å². The van der Waals surface area contributed by atoms with E-state index < -0.39 is 0 Å². The van der Waals surface area contributed by atoms with Crippen molar-refractivity contribution in [2.24, 2.45) is 0 Å². The number of benzene rings is 1. The number of carbonyl (C=O) groups excluding carboxylic acids is 1. The Morgan fingerprint density at radius 1 is 1.27 bits per heavy atom. The van der Waals surface area contributed by atoms with Crippen LogP contribution in [0.1, 0.15) is 23.2 Å². The van der Waals surface area contributed by atoms with Crippen molar-refractivity contribution in [1.82, 2.24) is 10.3 Å². The Hall–Kier alpha value is -2.40. The molecule has 1 aliphatic rings. The zero-order valence-corrected chi connectivity index (χ0v) is 12.3. The van der Waals surface area contributed by atoms with Crippen molar-refractivity contribution in [3.05, 3.63) is 48.0 Å². The third kappa shape index (κ3) is 3.43. The lowest BCUT2D eigenvalue weighted by atomic mass is 10.1. The first-order valence-corrected chi connectivity index (χ1v) is 7.45.